The highest BCUT2D eigenvalue weighted by Crippen LogP contribution is 2.32. The van der Waals surface area contributed by atoms with E-state index in [1.807, 2.05) is 28.8 Å². The summed E-state index contributed by atoms with van der Waals surface area (Å²) in [6.07, 6.45) is 5.39. The molecule has 3 rings (SSSR count). The highest BCUT2D eigenvalue weighted by molar-refractivity contribution is 7.99. The first-order valence-corrected chi connectivity index (χ1v) is 10.9. The summed E-state index contributed by atoms with van der Waals surface area (Å²) >= 11 is 1.43. The standard InChI is InChI=1S/C16H21N3O3S2/c1-24(21,22)17-10-11-23-16-18-14-9-5-4-8-13(14)15(20)19(16)12-6-2-3-7-12/h4-5,8-9,12,17H,2-3,6-7,10-11H2,1H3. The zero-order valence-corrected chi connectivity index (χ0v) is 15.2. The molecule has 0 amide bonds. The lowest BCUT2D eigenvalue weighted by molar-refractivity contribution is 0.457. The molecule has 0 aliphatic heterocycles. The lowest BCUT2D eigenvalue weighted by Crippen LogP contribution is -2.27. The third-order valence-electron chi connectivity index (χ3n) is 4.16. The summed E-state index contributed by atoms with van der Waals surface area (Å²) < 4.78 is 26.6. The van der Waals surface area contributed by atoms with Gasteiger partial charge in [0, 0.05) is 18.3 Å². The minimum atomic E-state index is -3.20. The molecule has 1 aliphatic rings. The minimum Gasteiger partial charge on any atom is -0.284 e. The number of nitrogens with zero attached hydrogens (tertiary/aromatic N) is 2. The summed E-state index contributed by atoms with van der Waals surface area (Å²) in [5.41, 5.74) is 0.696. The third-order valence-corrected chi connectivity index (χ3v) is 5.85. The van der Waals surface area contributed by atoms with E-state index in [0.717, 1.165) is 31.9 Å². The molecule has 0 spiro atoms. The molecule has 0 bridgehead atoms. The Morgan fingerprint density at radius 3 is 2.71 bits per heavy atom. The zero-order valence-electron chi connectivity index (χ0n) is 13.6. The van der Waals surface area contributed by atoms with Crippen LogP contribution in [0, 0.1) is 0 Å². The summed E-state index contributed by atoms with van der Waals surface area (Å²) in [5.74, 6) is 0.532. The van der Waals surface area contributed by atoms with Crippen LogP contribution in [0.5, 0.6) is 0 Å². The Bertz CT molecular complexity index is 887. The van der Waals surface area contributed by atoms with Crippen LogP contribution < -0.4 is 10.3 Å². The van der Waals surface area contributed by atoms with Gasteiger partial charge in [0.1, 0.15) is 0 Å². The molecule has 1 saturated carbocycles. The number of thioether (sulfide) groups is 1. The van der Waals surface area contributed by atoms with Gasteiger partial charge in [-0.1, -0.05) is 36.7 Å². The molecule has 1 aliphatic carbocycles. The Hall–Kier alpha value is -1.38. The smallest absolute Gasteiger partial charge is 0.262 e. The Labute approximate surface area is 145 Å². The van der Waals surface area contributed by atoms with E-state index < -0.39 is 10.0 Å². The van der Waals surface area contributed by atoms with Crippen LogP contribution in [0.25, 0.3) is 10.9 Å². The van der Waals surface area contributed by atoms with E-state index in [9.17, 15) is 13.2 Å². The van der Waals surface area contributed by atoms with Gasteiger partial charge in [0.2, 0.25) is 10.0 Å². The quantitative estimate of drug-likeness (QED) is 0.481. The number of hydrogen-bond donors (Lipinski definition) is 1. The van der Waals surface area contributed by atoms with Crippen molar-refractivity contribution in [2.24, 2.45) is 0 Å². The van der Waals surface area contributed by atoms with Crippen LogP contribution in [-0.4, -0.2) is 36.5 Å². The summed E-state index contributed by atoms with van der Waals surface area (Å²) in [7, 11) is -3.20. The molecule has 1 aromatic heterocycles. The molecule has 1 heterocycles. The molecule has 24 heavy (non-hydrogen) atoms. The lowest BCUT2D eigenvalue weighted by Gasteiger charge is -2.18. The van der Waals surface area contributed by atoms with Gasteiger partial charge in [0.05, 0.1) is 17.2 Å². The second-order valence-electron chi connectivity index (χ2n) is 6.04. The monoisotopic (exact) mass is 367 g/mol. The van der Waals surface area contributed by atoms with Crippen LogP contribution in [0.2, 0.25) is 0 Å². The Morgan fingerprint density at radius 1 is 1.29 bits per heavy atom. The second-order valence-corrected chi connectivity index (χ2v) is 8.94. The summed E-state index contributed by atoms with van der Waals surface area (Å²) in [4.78, 5) is 17.6. The third kappa shape index (κ3) is 3.99. The van der Waals surface area contributed by atoms with Crippen LogP contribution in [0.3, 0.4) is 0 Å². The molecular weight excluding hydrogens is 346 g/mol. The fraction of sp³-hybridized carbons (Fsp3) is 0.500. The Balaban J connectivity index is 1.92. The number of sulfonamides is 1. The maximum atomic E-state index is 12.9. The van der Waals surface area contributed by atoms with E-state index in [0.29, 0.717) is 28.4 Å². The van der Waals surface area contributed by atoms with Gasteiger partial charge in [-0.2, -0.15) is 0 Å². The highest BCUT2D eigenvalue weighted by Gasteiger charge is 2.22. The van der Waals surface area contributed by atoms with Gasteiger partial charge < -0.3 is 0 Å². The van der Waals surface area contributed by atoms with Crippen LogP contribution >= 0.6 is 11.8 Å². The maximum Gasteiger partial charge on any atom is 0.262 e. The number of benzene rings is 1. The number of rotatable bonds is 6. The molecule has 1 aromatic carbocycles. The van der Waals surface area contributed by atoms with Gasteiger partial charge in [-0.15, -0.1) is 0 Å². The van der Waals surface area contributed by atoms with Gasteiger partial charge in [-0.25, -0.2) is 18.1 Å². The van der Waals surface area contributed by atoms with E-state index in [1.165, 1.54) is 11.8 Å². The van der Waals surface area contributed by atoms with Crippen molar-refractivity contribution < 1.29 is 8.42 Å². The highest BCUT2D eigenvalue weighted by atomic mass is 32.2. The van der Waals surface area contributed by atoms with E-state index in [-0.39, 0.29) is 11.6 Å². The van der Waals surface area contributed by atoms with Crippen molar-refractivity contribution in [3.8, 4) is 0 Å². The van der Waals surface area contributed by atoms with Gasteiger partial charge >= 0.3 is 0 Å². The average Bonchev–Trinajstić information content (AvgIpc) is 3.05. The van der Waals surface area contributed by atoms with Crippen molar-refractivity contribution in [2.75, 3.05) is 18.6 Å². The van der Waals surface area contributed by atoms with E-state index in [4.69, 9.17) is 0 Å². The van der Waals surface area contributed by atoms with Gasteiger partial charge in [0.15, 0.2) is 5.16 Å². The zero-order chi connectivity index (χ0) is 17.2. The van der Waals surface area contributed by atoms with E-state index >= 15 is 0 Å². The second kappa shape index (κ2) is 7.25. The first kappa shape index (κ1) is 17.4. The van der Waals surface area contributed by atoms with Crippen LogP contribution in [0.4, 0.5) is 0 Å². The SMILES string of the molecule is CS(=O)(=O)NCCSc1nc2ccccc2c(=O)n1C1CCCC1. The molecule has 0 atom stereocenters. The molecule has 2 aromatic rings. The fourth-order valence-corrected chi connectivity index (χ4v) is 4.60. The predicted octanol–water partition coefficient (Wildman–Crippen LogP) is 2.15. The normalized spacial score (nSPS) is 16.0. The Kier molecular flexibility index (Phi) is 5.27. The summed E-state index contributed by atoms with van der Waals surface area (Å²) in [6, 6.07) is 7.58. The van der Waals surface area contributed by atoms with Crippen LogP contribution in [0.15, 0.2) is 34.2 Å². The summed E-state index contributed by atoms with van der Waals surface area (Å²) in [6.45, 7) is 0.316. The van der Waals surface area contributed by atoms with Crippen molar-refractivity contribution >= 4 is 32.7 Å². The van der Waals surface area contributed by atoms with Crippen molar-refractivity contribution in [1.29, 1.82) is 0 Å². The van der Waals surface area contributed by atoms with Gasteiger partial charge in [0.25, 0.3) is 5.56 Å². The molecule has 1 fully saturated rings. The van der Waals surface area contributed by atoms with Crippen molar-refractivity contribution in [2.45, 2.75) is 36.9 Å². The number of nitrogens with one attached hydrogen (secondary N) is 1. The van der Waals surface area contributed by atoms with Crippen molar-refractivity contribution in [3.63, 3.8) is 0 Å². The summed E-state index contributed by atoms with van der Waals surface area (Å²) in [5, 5.41) is 1.32. The maximum absolute atomic E-state index is 12.9. The van der Waals surface area contributed by atoms with Crippen LogP contribution in [-0.2, 0) is 10.0 Å². The van der Waals surface area contributed by atoms with Crippen molar-refractivity contribution in [1.82, 2.24) is 14.3 Å². The molecule has 130 valence electrons. The first-order chi connectivity index (χ1) is 11.5. The molecule has 8 heteroatoms. The van der Waals surface area contributed by atoms with Crippen molar-refractivity contribution in [3.05, 3.63) is 34.6 Å². The fourth-order valence-electron chi connectivity index (χ4n) is 3.08. The molecular formula is C16H21N3O3S2. The number of aromatic nitrogens is 2. The largest absolute Gasteiger partial charge is 0.284 e. The lowest BCUT2D eigenvalue weighted by atomic mass is 10.2. The average molecular weight is 367 g/mol. The number of fused-ring (bicyclic) bond motifs is 1. The van der Waals surface area contributed by atoms with Crippen LogP contribution in [0.1, 0.15) is 31.7 Å². The Morgan fingerprint density at radius 2 is 2.00 bits per heavy atom. The molecule has 1 N–H and O–H groups in total. The minimum absolute atomic E-state index is 0.00562. The first-order valence-electron chi connectivity index (χ1n) is 8.04. The van der Waals surface area contributed by atoms with Gasteiger partial charge in [-0.05, 0) is 25.0 Å². The van der Waals surface area contributed by atoms with E-state index in [1.54, 1.807) is 0 Å². The van der Waals surface area contributed by atoms with Gasteiger partial charge in [-0.3, -0.25) is 9.36 Å². The van der Waals surface area contributed by atoms with E-state index in [2.05, 4.69) is 9.71 Å². The number of para-hydroxylation sites is 1. The molecule has 0 saturated heterocycles. The molecule has 0 radical (unpaired) electrons. The topological polar surface area (TPSA) is 81.1 Å². The molecule has 0 unspecified atom stereocenters. The molecule has 6 nitrogen and oxygen atoms in total. The number of hydrogen-bond acceptors (Lipinski definition) is 5. The predicted molar refractivity (Wildman–Crippen MR) is 97.1 cm³/mol.